The van der Waals surface area contributed by atoms with Crippen molar-refractivity contribution in [2.75, 3.05) is 33.3 Å². The molecule has 2 aromatic heterocycles. The van der Waals surface area contributed by atoms with E-state index in [1.807, 2.05) is 16.0 Å². The molecule has 170 valence electrons. The van der Waals surface area contributed by atoms with Crippen LogP contribution in [0, 0.1) is 5.92 Å². The third-order valence-electron chi connectivity index (χ3n) is 6.03. The maximum Gasteiger partial charge on any atom is 0.191 e. The molecule has 8 nitrogen and oxygen atoms in total. The molecule has 0 bridgehead atoms. The molecule has 0 aromatic carbocycles. The third-order valence-corrected chi connectivity index (χ3v) is 6.90. The van der Waals surface area contributed by atoms with Crippen molar-refractivity contribution >= 4 is 17.3 Å². The van der Waals surface area contributed by atoms with Gasteiger partial charge in [0.1, 0.15) is 12.4 Å². The number of hydrogen-bond acceptors (Lipinski definition) is 6. The summed E-state index contributed by atoms with van der Waals surface area (Å²) in [4.78, 5) is 13.5. The lowest BCUT2D eigenvalue weighted by Gasteiger charge is -2.31. The second-order valence-corrected chi connectivity index (χ2v) is 9.49. The van der Waals surface area contributed by atoms with E-state index in [9.17, 15) is 0 Å². The first-order chi connectivity index (χ1) is 15.2. The predicted molar refractivity (Wildman–Crippen MR) is 124 cm³/mol. The Balaban J connectivity index is 1.25. The maximum atomic E-state index is 5.17. The Morgan fingerprint density at radius 1 is 1.32 bits per heavy atom. The predicted octanol–water partition coefficient (Wildman–Crippen LogP) is 2.27. The average Bonchev–Trinajstić information content (AvgIpc) is 3.42. The number of nitrogens with zero attached hydrogens (tertiary/aromatic N) is 5. The monoisotopic (exact) mass is 445 g/mol. The van der Waals surface area contributed by atoms with E-state index in [-0.39, 0.29) is 0 Å². The molecule has 2 aliphatic rings. The van der Waals surface area contributed by atoms with E-state index in [0.29, 0.717) is 18.6 Å². The molecular formula is C22H35N7OS. The van der Waals surface area contributed by atoms with Crippen LogP contribution in [-0.2, 0) is 30.9 Å². The summed E-state index contributed by atoms with van der Waals surface area (Å²) in [6, 6.07) is 4.70. The zero-order valence-corrected chi connectivity index (χ0v) is 19.5. The number of ether oxygens (including phenoxy) is 1. The molecule has 2 aromatic rings. The lowest BCUT2D eigenvalue weighted by atomic mass is 9.97. The molecule has 2 aliphatic heterocycles. The van der Waals surface area contributed by atoms with Crippen molar-refractivity contribution in [1.29, 1.82) is 0 Å². The number of rotatable bonds is 8. The highest BCUT2D eigenvalue weighted by molar-refractivity contribution is 7.09. The van der Waals surface area contributed by atoms with Crippen molar-refractivity contribution in [3.63, 3.8) is 0 Å². The van der Waals surface area contributed by atoms with Crippen molar-refractivity contribution < 1.29 is 4.74 Å². The highest BCUT2D eigenvalue weighted by Gasteiger charge is 2.23. The summed E-state index contributed by atoms with van der Waals surface area (Å²) in [7, 11) is 1.68. The second-order valence-electron chi connectivity index (χ2n) is 8.46. The lowest BCUT2D eigenvalue weighted by Crippen LogP contribution is -2.47. The van der Waals surface area contributed by atoms with Gasteiger partial charge in [-0.2, -0.15) is 5.10 Å². The van der Waals surface area contributed by atoms with Crippen LogP contribution < -0.4 is 10.6 Å². The number of aryl methyl sites for hydroxylation is 1. The first kappa shape index (κ1) is 22.2. The van der Waals surface area contributed by atoms with E-state index in [2.05, 4.69) is 50.1 Å². The first-order valence-electron chi connectivity index (χ1n) is 11.4. The lowest BCUT2D eigenvalue weighted by molar-refractivity contribution is 0.177. The number of likely N-dealkylation sites (tertiary alicyclic amines) is 1. The topological polar surface area (TPSA) is 79.6 Å². The number of thiophene rings is 1. The zero-order valence-electron chi connectivity index (χ0n) is 18.7. The summed E-state index contributed by atoms with van der Waals surface area (Å²) in [6.45, 7) is 8.59. The van der Waals surface area contributed by atoms with E-state index >= 15 is 0 Å². The summed E-state index contributed by atoms with van der Waals surface area (Å²) in [6.07, 6.45) is 4.41. The molecule has 0 spiro atoms. The highest BCUT2D eigenvalue weighted by Crippen LogP contribution is 2.21. The number of nitrogens with one attached hydrogen (secondary N) is 2. The molecule has 0 aliphatic carbocycles. The van der Waals surface area contributed by atoms with Crippen molar-refractivity contribution in [3.8, 4) is 0 Å². The van der Waals surface area contributed by atoms with Gasteiger partial charge in [0.2, 0.25) is 0 Å². The van der Waals surface area contributed by atoms with Crippen LogP contribution in [0.5, 0.6) is 0 Å². The van der Waals surface area contributed by atoms with Gasteiger partial charge in [-0.3, -0.25) is 9.89 Å². The summed E-state index contributed by atoms with van der Waals surface area (Å²) >= 11 is 1.86. The first-order valence-corrected chi connectivity index (χ1v) is 12.3. The van der Waals surface area contributed by atoms with Crippen LogP contribution in [0.3, 0.4) is 0 Å². The van der Waals surface area contributed by atoms with Gasteiger partial charge in [0.05, 0.1) is 6.54 Å². The van der Waals surface area contributed by atoms with Crippen LogP contribution >= 0.6 is 11.3 Å². The van der Waals surface area contributed by atoms with Crippen molar-refractivity contribution in [2.24, 2.45) is 10.9 Å². The highest BCUT2D eigenvalue weighted by atomic mass is 32.1. The molecule has 0 amide bonds. The van der Waals surface area contributed by atoms with Gasteiger partial charge in [0.15, 0.2) is 11.8 Å². The third kappa shape index (κ3) is 6.27. The van der Waals surface area contributed by atoms with Crippen LogP contribution in [-0.4, -0.2) is 65.0 Å². The number of aliphatic imine (C=N–C) groups is 1. The molecule has 1 saturated heterocycles. The number of piperidine rings is 1. The molecule has 0 saturated carbocycles. The van der Waals surface area contributed by atoms with Gasteiger partial charge in [-0.15, -0.1) is 11.3 Å². The maximum absolute atomic E-state index is 5.17. The van der Waals surface area contributed by atoms with Gasteiger partial charge < -0.3 is 15.4 Å². The molecule has 9 heteroatoms. The standard InChI is InChI=1S/C22H35N7OS/c1-3-23-22(25-18-6-7-21-26-20(16-30-2)27-29(21)14-18)24-13-17-8-10-28(11-9-17)15-19-5-4-12-31-19/h4-5,12,17-18H,3,6-11,13-16H2,1-2H3,(H2,23,24,25). The number of fused-ring (bicyclic) bond motifs is 1. The molecule has 1 atom stereocenters. The molecule has 2 N–H and O–H groups in total. The minimum Gasteiger partial charge on any atom is -0.377 e. The molecule has 1 unspecified atom stereocenters. The van der Waals surface area contributed by atoms with Crippen LogP contribution in [0.4, 0.5) is 0 Å². The van der Waals surface area contributed by atoms with Crippen LogP contribution in [0.1, 0.15) is 42.7 Å². The van der Waals surface area contributed by atoms with Gasteiger partial charge in [-0.05, 0) is 56.6 Å². The van der Waals surface area contributed by atoms with Gasteiger partial charge in [-0.1, -0.05) is 6.07 Å². The Hall–Kier alpha value is -1.97. The number of methoxy groups -OCH3 is 1. The van der Waals surface area contributed by atoms with Gasteiger partial charge >= 0.3 is 0 Å². The van der Waals surface area contributed by atoms with Crippen LogP contribution in [0.25, 0.3) is 0 Å². The van der Waals surface area contributed by atoms with Crippen molar-refractivity contribution in [3.05, 3.63) is 34.0 Å². The van der Waals surface area contributed by atoms with Crippen molar-refractivity contribution in [2.45, 2.75) is 58.3 Å². The quantitative estimate of drug-likeness (QED) is 0.479. The minimum atomic E-state index is 0.315. The second kappa shape index (κ2) is 11.1. The Bertz CT molecular complexity index is 827. The van der Waals surface area contributed by atoms with Crippen LogP contribution in [0.15, 0.2) is 22.5 Å². The zero-order chi connectivity index (χ0) is 21.5. The fraction of sp³-hybridized carbons (Fsp3) is 0.682. The molecular weight excluding hydrogens is 410 g/mol. The normalized spacial score (nSPS) is 20.6. The van der Waals surface area contributed by atoms with Gasteiger partial charge in [0, 0.05) is 44.1 Å². The molecule has 1 fully saturated rings. The summed E-state index contributed by atoms with van der Waals surface area (Å²) < 4.78 is 7.18. The van der Waals surface area contributed by atoms with Gasteiger partial charge in [0.25, 0.3) is 0 Å². The molecule has 0 radical (unpaired) electrons. The van der Waals surface area contributed by atoms with E-state index in [4.69, 9.17) is 9.73 Å². The fourth-order valence-corrected chi connectivity index (χ4v) is 5.10. The van der Waals surface area contributed by atoms with Crippen LogP contribution in [0.2, 0.25) is 0 Å². The molecule has 4 heterocycles. The Morgan fingerprint density at radius 2 is 2.19 bits per heavy atom. The average molecular weight is 446 g/mol. The summed E-state index contributed by atoms with van der Waals surface area (Å²) in [5.74, 6) is 3.42. The number of hydrogen-bond donors (Lipinski definition) is 2. The van der Waals surface area contributed by atoms with E-state index < -0.39 is 0 Å². The smallest absolute Gasteiger partial charge is 0.191 e. The Morgan fingerprint density at radius 3 is 2.94 bits per heavy atom. The van der Waals surface area contributed by atoms with Crippen molar-refractivity contribution in [1.82, 2.24) is 30.3 Å². The van der Waals surface area contributed by atoms with E-state index in [1.54, 1.807) is 7.11 Å². The fourth-order valence-electron chi connectivity index (χ4n) is 4.35. The largest absolute Gasteiger partial charge is 0.377 e. The summed E-state index contributed by atoms with van der Waals surface area (Å²) in [5.41, 5.74) is 0. The van der Waals surface area contributed by atoms with E-state index in [0.717, 1.165) is 56.6 Å². The Kier molecular flexibility index (Phi) is 7.93. The molecule has 31 heavy (non-hydrogen) atoms. The SMILES string of the molecule is CCNC(=NCC1CCN(Cc2cccs2)CC1)NC1CCc2nc(COC)nn2C1. The molecule has 4 rings (SSSR count). The van der Waals surface area contributed by atoms with Gasteiger partial charge in [-0.25, -0.2) is 9.67 Å². The minimum absolute atomic E-state index is 0.315. The number of aromatic nitrogens is 3. The summed E-state index contributed by atoms with van der Waals surface area (Å²) in [5, 5.41) is 13.8. The Labute approximate surface area is 189 Å². The van der Waals surface area contributed by atoms with E-state index in [1.165, 1.54) is 30.8 Å². The number of guanidine groups is 1.